The van der Waals surface area contributed by atoms with Crippen molar-refractivity contribution in [1.82, 2.24) is 0 Å². The second kappa shape index (κ2) is 7.57. The second-order valence-corrected chi connectivity index (χ2v) is 9.06. The quantitative estimate of drug-likeness (QED) is 0.611. The fourth-order valence-electron chi connectivity index (χ4n) is 2.67. The zero-order valence-electron chi connectivity index (χ0n) is 11.8. The van der Waals surface area contributed by atoms with Gasteiger partial charge in [0, 0.05) is 16.1 Å². The van der Waals surface area contributed by atoms with Crippen molar-refractivity contribution in [3.05, 3.63) is 35.9 Å². The van der Waals surface area contributed by atoms with E-state index in [1.807, 2.05) is 30.3 Å². The number of hydrogen-bond acceptors (Lipinski definition) is 3. The van der Waals surface area contributed by atoms with E-state index < -0.39 is 9.84 Å². The normalized spacial score (nSPS) is 21.5. The first-order valence-electron chi connectivity index (χ1n) is 6.95. The van der Waals surface area contributed by atoms with Crippen LogP contribution in [0.2, 0.25) is 0 Å². The lowest BCUT2D eigenvalue weighted by molar-refractivity contribution is 0.0322. The molecule has 1 aliphatic rings. The highest BCUT2D eigenvalue weighted by atomic mass is 79.9. The molecule has 0 bridgehead atoms. The van der Waals surface area contributed by atoms with Crippen LogP contribution in [-0.4, -0.2) is 37.2 Å². The molecule has 1 heterocycles. The van der Waals surface area contributed by atoms with Crippen molar-refractivity contribution < 1.29 is 13.2 Å². The summed E-state index contributed by atoms with van der Waals surface area (Å²) in [6.45, 7) is 1.11. The van der Waals surface area contributed by atoms with Gasteiger partial charge >= 0.3 is 0 Å². The number of rotatable bonds is 7. The first-order valence-corrected chi connectivity index (χ1v) is 11.0. The fourth-order valence-corrected chi connectivity index (χ4v) is 6.78. The van der Waals surface area contributed by atoms with Gasteiger partial charge in [-0.1, -0.05) is 62.2 Å². The molecule has 0 N–H and O–H groups in total. The Balaban J connectivity index is 1.98. The average molecular weight is 440 g/mol. The van der Waals surface area contributed by atoms with Gasteiger partial charge in [0.15, 0.2) is 9.84 Å². The molecular weight excluding hydrogens is 420 g/mol. The number of ether oxygens (including phenoxy) is 1. The second-order valence-electron chi connectivity index (χ2n) is 5.71. The molecular formula is C15H20Br2O3S. The van der Waals surface area contributed by atoms with E-state index in [9.17, 15) is 8.42 Å². The minimum absolute atomic E-state index is 0.150. The van der Waals surface area contributed by atoms with Crippen LogP contribution in [0.4, 0.5) is 0 Å². The zero-order valence-corrected chi connectivity index (χ0v) is 15.8. The van der Waals surface area contributed by atoms with Gasteiger partial charge in [0.25, 0.3) is 0 Å². The van der Waals surface area contributed by atoms with E-state index in [1.165, 1.54) is 0 Å². The van der Waals surface area contributed by atoms with Gasteiger partial charge in [-0.15, -0.1) is 0 Å². The van der Waals surface area contributed by atoms with E-state index in [0.29, 0.717) is 19.0 Å². The van der Waals surface area contributed by atoms with Crippen molar-refractivity contribution >= 4 is 41.7 Å². The first-order chi connectivity index (χ1) is 10.0. The highest BCUT2D eigenvalue weighted by molar-refractivity contribution is 9.09. The van der Waals surface area contributed by atoms with Crippen molar-refractivity contribution in [1.29, 1.82) is 0 Å². The predicted molar refractivity (Wildman–Crippen MR) is 92.9 cm³/mol. The Morgan fingerprint density at radius 1 is 1.19 bits per heavy atom. The number of sulfone groups is 1. The number of halogens is 2. The molecule has 0 radical (unpaired) electrons. The van der Waals surface area contributed by atoms with Crippen LogP contribution < -0.4 is 0 Å². The molecule has 0 aliphatic carbocycles. The van der Waals surface area contributed by atoms with Gasteiger partial charge in [-0.3, -0.25) is 0 Å². The first kappa shape index (κ1) is 17.4. The number of alkyl halides is 2. The van der Waals surface area contributed by atoms with Gasteiger partial charge in [-0.2, -0.15) is 0 Å². The van der Waals surface area contributed by atoms with Gasteiger partial charge in [-0.25, -0.2) is 8.42 Å². The molecule has 6 heteroatoms. The van der Waals surface area contributed by atoms with Crippen molar-refractivity contribution in [3.8, 4) is 0 Å². The van der Waals surface area contributed by atoms with Crippen LogP contribution in [0.1, 0.15) is 12.0 Å². The summed E-state index contributed by atoms with van der Waals surface area (Å²) in [6, 6.07) is 10.0. The predicted octanol–water partition coefficient (Wildman–Crippen LogP) is 3.41. The van der Waals surface area contributed by atoms with Crippen molar-refractivity contribution in [2.75, 3.05) is 28.8 Å². The lowest BCUT2D eigenvalue weighted by atomic mass is 9.79. The third kappa shape index (κ3) is 4.53. The summed E-state index contributed by atoms with van der Waals surface area (Å²) in [7, 11) is -2.87. The molecule has 1 aliphatic heterocycles. The number of hydrogen-bond donors (Lipinski definition) is 0. The Hall–Kier alpha value is 0.0900. The molecule has 0 spiro atoms. The van der Waals surface area contributed by atoms with Crippen LogP contribution in [0, 0.1) is 11.3 Å². The Kier molecular flexibility index (Phi) is 6.29. The van der Waals surface area contributed by atoms with E-state index in [-0.39, 0.29) is 17.1 Å². The van der Waals surface area contributed by atoms with Crippen molar-refractivity contribution in [2.45, 2.75) is 13.0 Å². The van der Waals surface area contributed by atoms with Crippen molar-refractivity contribution in [3.63, 3.8) is 0 Å². The minimum atomic E-state index is -2.87. The maximum absolute atomic E-state index is 11.7. The maximum atomic E-state index is 11.7. The smallest absolute Gasteiger partial charge is 0.150 e. The van der Waals surface area contributed by atoms with Crippen LogP contribution in [0.15, 0.2) is 30.3 Å². The van der Waals surface area contributed by atoms with Crippen LogP contribution in [0.25, 0.3) is 0 Å². The fraction of sp³-hybridized carbons (Fsp3) is 0.600. The molecule has 0 saturated carbocycles. The SMILES string of the molecule is O=S1(=O)CCC(C(CBr)(CBr)COCc2ccccc2)C1. The molecule has 0 aromatic heterocycles. The molecule has 1 fully saturated rings. The monoisotopic (exact) mass is 438 g/mol. The molecule has 1 aromatic rings. The van der Waals surface area contributed by atoms with E-state index in [1.54, 1.807) is 0 Å². The average Bonchev–Trinajstić information content (AvgIpc) is 2.86. The molecule has 1 saturated heterocycles. The van der Waals surface area contributed by atoms with E-state index >= 15 is 0 Å². The van der Waals surface area contributed by atoms with Gasteiger partial charge < -0.3 is 4.74 Å². The summed E-state index contributed by atoms with van der Waals surface area (Å²) in [5.74, 6) is 0.730. The molecule has 0 amide bonds. The molecule has 118 valence electrons. The molecule has 1 aromatic carbocycles. The highest BCUT2D eigenvalue weighted by Gasteiger charge is 2.43. The molecule has 21 heavy (non-hydrogen) atoms. The summed E-state index contributed by atoms with van der Waals surface area (Å²) in [5.41, 5.74) is 0.966. The Bertz CT molecular complexity index is 541. The standard InChI is InChI=1S/C15H20Br2O3S/c16-10-15(11-17,14-6-7-21(18,19)9-14)12-20-8-13-4-2-1-3-5-13/h1-5,14H,6-12H2. The summed E-state index contributed by atoms with van der Waals surface area (Å²) >= 11 is 7.12. The van der Waals surface area contributed by atoms with Crippen molar-refractivity contribution in [2.24, 2.45) is 11.3 Å². The molecule has 1 atom stereocenters. The van der Waals surface area contributed by atoms with Crippen LogP contribution in [0.3, 0.4) is 0 Å². The van der Waals surface area contributed by atoms with Crippen LogP contribution in [0.5, 0.6) is 0 Å². The molecule has 3 nitrogen and oxygen atoms in total. The third-order valence-electron chi connectivity index (χ3n) is 4.13. The molecule has 2 rings (SSSR count). The van der Waals surface area contributed by atoms with Crippen LogP contribution in [-0.2, 0) is 21.2 Å². The van der Waals surface area contributed by atoms with E-state index in [2.05, 4.69) is 31.9 Å². The summed E-state index contributed by atoms with van der Waals surface area (Å²) < 4.78 is 29.4. The highest BCUT2D eigenvalue weighted by Crippen LogP contribution is 2.39. The number of benzene rings is 1. The Labute approximate surface area is 143 Å². The van der Waals surface area contributed by atoms with E-state index in [0.717, 1.165) is 22.6 Å². The zero-order chi connectivity index (χ0) is 15.3. The van der Waals surface area contributed by atoms with Gasteiger partial charge in [0.05, 0.1) is 24.7 Å². The minimum Gasteiger partial charge on any atom is -0.376 e. The van der Waals surface area contributed by atoms with Gasteiger partial charge in [0.1, 0.15) is 0 Å². The molecule has 1 unspecified atom stereocenters. The Morgan fingerprint density at radius 3 is 2.38 bits per heavy atom. The largest absolute Gasteiger partial charge is 0.376 e. The van der Waals surface area contributed by atoms with Gasteiger partial charge in [-0.05, 0) is 17.9 Å². The van der Waals surface area contributed by atoms with Crippen LogP contribution >= 0.6 is 31.9 Å². The van der Waals surface area contributed by atoms with E-state index in [4.69, 9.17) is 4.74 Å². The lowest BCUT2D eigenvalue weighted by Gasteiger charge is -2.35. The maximum Gasteiger partial charge on any atom is 0.150 e. The Morgan fingerprint density at radius 2 is 1.86 bits per heavy atom. The van der Waals surface area contributed by atoms with Gasteiger partial charge in [0.2, 0.25) is 0 Å². The topological polar surface area (TPSA) is 43.4 Å². The third-order valence-corrected chi connectivity index (χ3v) is 8.13. The lowest BCUT2D eigenvalue weighted by Crippen LogP contribution is -2.39. The summed E-state index contributed by atoms with van der Waals surface area (Å²) in [4.78, 5) is 0. The summed E-state index contributed by atoms with van der Waals surface area (Å²) in [6.07, 6.45) is 0.730. The summed E-state index contributed by atoms with van der Waals surface area (Å²) in [5, 5.41) is 1.47.